The highest BCUT2D eigenvalue weighted by Crippen LogP contribution is 2.27. The highest BCUT2D eigenvalue weighted by molar-refractivity contribution is 5.85. The molecule has 0 radical (unpaired) electrons. The maximum atomic E-state index is 13.0. The fraction of sp³-hybridized carbons (Fsp3) is 0.438. The van der Waals surface area contributed by atoms with E-state index in [-0.39, 0.29) is 30.0 Å². The van der Waals surface area contributed by atoms with E-state index in [9.17, 15) is 9.18 Å². The van der Waals surface area contributed by atoms with E-state index in [1.54, 1.807) is 12.1 Å². The summed E-state index contributed by atoms with van der Waals surface area (Å²) in [6.45, 7) is 1.67. The zero-order chi connectivity index (χ0) is 16.2. The van der Waals surface area contributed by atoms with Gasteiger partial charge in [0, 0.05) is 31.6 Å². The van der Waals surface area contributed by atoms with Gasteiger partial charge in [-0.05, 0) is 37.1 Å². The minimum absolute atomic E-state index is 0. The number of halogens is 2. The summed E-state index contributed by atoms with van der Waals surface area (Å²) in [4.78, 5) is 18.2. The van der Waals surface area contributed by atoms with E-state index in [0.717, 1.165) is 19.4 Å². The van der Waals surface area contributed by atoms with E-state index in [1.165, 1.54) is 12.1 Å². The smallest absolute Gasteiger partial charge is 0.231 e. The Kier molecular flexibility index (Phi) is 6.28. The lowest BCUT2D eigenvalue weighted by molar-refractivity contribution is -0.132. The molecule has 1 amide bonds. The summed E-state index contributed by atoms with van der Waals surface area (Å²) >= 11 is 0. The summed E-state index contributed by atoms with van der Waals surface area (Å²) in [6.07, 6.45) is 2.16. The molecule has 1 fully saturated rings. The molecule has 0 bridgehead atoms. The largest absolute Gasteiger partial charge is 0.342 e. The van der Waals surface area contributed by atoms with Crippen LogP contribution in [0.2, 0.25) is 0 Å². The van der Waals surface area contributed by atoms with Crippen LogP contribution in [0, 0.1) is 5.82 Å². The van der Waals surface area contributed by atoms with Crippen molar-refractivity contribution in [1.82, 2.24) is 15.0 Å². The van der Waals surface area contributed by atoms with Crippen molar-refractivity contribution in [3.05, 3.63) is 36.0 Å². The van der Waals surface area contributed by atoms with Crippen LogP contribution < -0.4 is 5.73 Å². The van der Waals surface area contributed by atoms with Gasteiger partial charge in [-0.15, -0.1) is 12.4 Å². The average molecular weight is 355 g/mol. The molecule has 3 rings (SSSR count). The van der Waals surface area contributed by atoms with Gasteiger partial charge >= 0.3 is 0 Å². The first-order chi connectivity index (χ1) is 11.2. The number of hydrogen-bond acceptors (Lipinski definition) is 5. The Morgan fingerprint density at radius 2 is 2.12 bits per heavy atom. The van der Waals surface area contributed by atoms with Gasteiger partial charge in [0.15, 0.2) is 0 Å². The van der Waals surface area contributed by atoms with Gasteiger partial charge in [0.25, 0.3) is 0 Å². The van der Waals surface area contributed by atoms with Crippen molar-refractivity contribution in [2.45, 2.75) is 25.2 Å². The van der Waals surface area contributed by atoms with Gasteiger partial charge < -0.3 is 15.2 Å². The quantitative estimate of drug-likeness (QED) is 0.910. The molecule has 2 heterocycles. The standard InChI is InChI=1S/C16H19FN4O2.ClH/c17-13-5-3-11(4-6-13)15-19-16(23-20-15)12-2-1-9-21(10-12)14(22)7-8-18;/h3-6,12H,1-2,7-10,18H2;1H. The van der Waals surface area contributed by atoms with E-state index in [1.807, 2.05) is 4.90 Å². The van der Waals surface area contributed by atoms with E-state index in [0.29, 0.717) is 36.8 Å². The molecule has 1 unspecified atom stereocenters. The molecule has 1 aromatic carbocycles. The van der Waals surface area contributed by atoms with Gasteiger partial charge in [0.1, 0.15) is 5.82 Å². The Balaban J connectivity index is 0.00000208. The van der Waals surface area contributed by atoms with Crippen molar-refractivity contribution in [2.75, 3.05) is 19.6 Å². The van der Waals surface area contributed by atoms with E-state index < -0.39 is 0 Å². The summed E-state index contributed by atoms with van der Waals surface area (Å²) in [5.74, 6) is 0.751. The summed E-state index contributed by atoms with van der Waals surface area (Å²) in [5, 5.41) is 3.97. The van der Waals surface area contributed by atoms with Crippen molar-refractivity contribution < 1.29 is 13.7 Å². The third-order valence-corrected chi connectivity index (χ3v) is 4.03. The molecule has 0 spiro atoms. The number of amides is 1. The summed E-state index contributed by atoms with van der Waals surface area (Å²) in [7, 11) is 0. The van der Waals surface area contributed by atoms with Gasteiger partial charge in [-0.2, -0.15) is 4.98 Å². The van der Waals surface area contributed by atoms with Gasteiger partial charge in [-0.25, -0.2) is 4.39 Å². The lowest BCUT2D eigenvalue weighted by Gasteiger charge is -2.31. The van der Waals surface area contributed by atoms with Crippen LogP contribution >= 0.6 is 12.4 Å². The first kappa shape index (κ1) is 18.4. The Labute approximate surface area is 145 Å². The third kappa shape index (κ3) is 4.10. The van der Waals surface area contributed by atoms with Crippen LogP contribution in [0.3, 0.4) is 0 Å². The summed E-state index contributed by atoms with van der Waals surface area (Å²) in [5.41, 5.74) is 6.15. The molecule has 1 saturated heterocycles. The molecule has 8 heteroatoms. The number of aromatic nitrogens is 2. The normalized spacial score (nSPS) is 17.4. The molecule has 24 heavy (non-hydrogen) atoms. The number of piperidine rings is 1. The Morgan fingerprint density at radius 1 is 1.38 bits per heavy atom. The fourth-order valence-electron chi connectivity index (χ4n) is 2.80. The third-order valence-electron chi connectivity index (χ3n) is 4.03. The van der Waals surface area contributed by atoms with Crippen molar-refractivity contribution in [1.29, 1.82) is 0 Å². The van der Waals surface area contributed by atoms with Gasteiger partial charge in [0.05, 0.1) is 5.92 Å². The van der Waals surface area contributed by atoms with Gasteiger partial charge in [-0.1, -0.05) is 5.16 Å². The molecule has 130 valence electrons. The monoisotopic (exact) mass is 354 g/mol. The lowest BCUT2D eigenvalue weighted by Crippen LogP contribution is -2.39. The minimum atomic E-state index is -0.307. The van der Waals surface area contributed by atoms with Crippen LogP contribution in [0.15, 0.2) is 28.8 Å². The Hall–Kier alpha value is -1.99. The first-order valence-electron chi connectivity index (χ1n) is 7.75. The van der Waals surface area contributed by atoms with Crippen LogP contribution in [-0.2, 0) is 4.79 Å². The second-order valence-corrected chi connectivity index (χ2v) is 5.68. The van der Waals surface area contributed by atoms with Gasteiger partial charge in [0.2, 0.25) is 17.6 Å². The zero-order valence-electron chi connectivity index (χ0n) is 13.2. The molecule has 1 aromatic heterocycles. The van der Waals surface area contributed by atoms with Crippen LogP contribution in [0.4, 0.5) is 4.39 Å². The minimum Gasteiger partial charge on any atom is -0.342 e. The number of carbonyl (C=O) groups is 1. The van der Waals surface area contributed by atoms with Gasteiger partial charge in [-0.3, -0.25) is 4.79 Å². The molecule has 2 aromatic rings. The predicted octanol–water partition coefficient (Wildman–Crippen LogP) is 2.35. The lowest BCUT2D eigenvalue weighted by atomic mass is 9.97. The molecule has 6 nitrogen and oxygen atoms in total. The number of carbonyl (C=O) groups excluding carboxylic acids is 1. The van der Waals surface area contributed by atoms with Crippen LogP contribution in [0.1, 0.15) is 31.1 Å². The van der Waals surface area contributed by atoms with Crippen LogP contribution in [-0.4, -0.2) is 40.6 Å². The number of hydrogen-bond donors (Lipinski definition) is 1. The number of likely N-dealkylation sites (tertiary alicyclic amines) is 1. The second kappa shape index (κ2) is 8.21. The molecule has 2 N–H and O–H groups in total. The number of nitrogens with zero attached hydrogens (tertiary/aromatic N) is 3. The van der Waals surface area contributed by atoms with Crippen molar-refractivity contribution >= 4 is 18.3 Å². The summed E-state index contributed by atoms with van der Waals surface area (Å²) in [6, 6.07) is 5.95. The topological polar surface area (TPSA) is 85.3 Å². The number of nitrogens with two attached hydrogens (primary N) is 1. The maximum absolute atomic E-state index is 13.0. The SMILES string of the molecule is Cl.NCCC(=O)N1CCCC(c2nc(-c3ccc(F)cc3)no2)C1. The van der Waals surface area contributed by atoms with Crippen LogP contribution in [0.5, 0.6) is 0 Å². The van der Waals surface area contributed by atoms with Crippen molar-refractivity contribution in [2.24, 2.45) is 5.73 Å². The number of benzene rings is 1. The van der Waals surface area contributed by atoms with E-state index in [2.05, 4.69) is 10.1 Å². The molecule has 1 aliphatic heterocycles. The zero-order valence-corrected chi connectivity index (χ0v) is 14.0. The molecule has 1 atom stereocenters. The Morgan fingerprint density at radius 3 is 2.83 bits per heavy atom. The van der Waals surface area contributed by atoms with Crippen molar-refractivity contribution in [3.8, 4) is 11.4 Å². The number of rotatable bonds is 4. The Bertz CT molecular complexity index is 677. The molecule has 0 aliphatic carbocycles. The molecule has 1 aliphatic rings. The van der Waals surface area contributed by atoms with Crippen LogP contribution in [0.25, 0.3) is 11.4 Å². The maximum Gasteiger partial charge on any atom is 0.231 e. The molecular weight excluding hydrogens is 335 g/mol. The highest BCUT2D eigenvalue weighted by atomic mass is 35.5. The van der Waals surface area contributed by atoms with Crippen molar-refractivity contribution in [3.63, 3.8) is 0 Å². The highest BCUT2D eigenvalue weighted by Gasteiger charge is 2.28. The second-order valence-electron chi connectivity index (χ2n) is 5.68. The predicted molar refractivity (Wildman–Crippen MR) is 89.2 cm³/mol. The molecule has 0 saturated carbocycles. The summed E-state index contributed by atoms with van der Waals surface area (Å²) < 4.78 is 18.3. The fourth-order valence-corrected chi connectivity index (χ4v) is 2.80. The average Bonchev–Trinajstić information content (AvgIpc) is 3.06. The first-order valence-corrected chi connectivity index (χ1v) is 7.75. The molecular formula is C16H20ClFN4O2. The van der Waals surface area contributed by atoms with E-state index in [4.69, 9.17) is 10.3 Å². The van der Waals surface area contributed by atoms with E-state index >= 15 is 0 Å².